The highest BCUT2D eigenvalue weighted by Crippen LogP contribution is 2.29. The largest absolute Gasteiger partial charge is 0.478 e. The summed E-state index contributed by atoms with van der Waals surface area (Å²) >= 11 is 9.25. The van der Waals surface area contributed by atoms with Crippen molar-refractivity contribution in [2.24, 2.45) is 0 Å². The lowest BCUT2D eigenvalue weighted by Gasteiger charge is -2.10. The van der Waals surface area contributed by atoms with Crippen molar-refractivity contribution in [3.05, 3.63) is 51.5 Å². The summed E-state index contributed by atoms with van der Waals surface area (Å²) in [5.41, 5.74) is 7.49. The van der Waals surface area contributed by atoms with Gasteiger partial charge in [0.15, 0.2) is 0 Å². The van der Waals surface area contributed by atoms with Crippen LogP contribution in [0.4, 0.5) is 17.1 Å². The van der Waals surface area contributed by atoms with Crippen LogP contribution >= 0.6 is 27.5 Å². The van der Waals surface area contributed by atoms with Crippen LogP contribution in [-0.2, 0) is 0 Å². The van der Waals surface area contributed by atoms with E-state index in [1.54, 1.807) is 24.3 Å². The van der Waals surface area contributed by atoms with Crippen molar-refractivity contribution in [1.82, 2.24) is 0 Å². The maximum Gasteiger partial charge on any atom is 0.337 e. The van der Waals surface area contributed by atoms with Crippen LogP contribution in [0, 0.1) is 0 Å². The van der Waals surface area contributed by atoms with Crippen molar-refractivity contribution in [1.29, 1.82) is 0 Å². The maximum absolute atomic E-state index is 10.9. The molecular weight excluding hydrogens is 332 g/mol. The van der Waals surface area contributed by atoms with Crippen molar-refractivity contribution in [3.63, 3.8) is 0 Å². The number of nitrogens with two attached hydrogens (primary N) is 1. The van der Waals surface area contributed by atoms with Crippen molar-refractivity contribution in [2.45, 2.75) is 0 Å². The first-order valence-corrected chi connectivity index (χ1v) is 6.49. The summed E-state index contributed by atoms with van der Waals surface area (Å²) in [7, 11) is 0. The van der Waals surface area contributed by atoms with Crippen LogP contribution in [0.2, 0.25) is 5.02 Å². The molecule has 0 atom stereocenters. The van der Waals surface area contributed by atoms with Crippen LogP contribution < -0.4 is 11.1 Å². The van der Waals surface area contributed by atoms with Gasteiger partial charge in [-0.1, -0.05) is 11.6 Å². The van der Waals surface area contributed by atoms with Crippen LogP contribution in [0.15, 0.2) is 40.9 Å². The van der Waals surface area contributed by atoms with Gasteiger partial charge in [0.25, 0.3) is 0 Å². The van der Waals surface area contributed by atoms with Crippen LogP contribution in [-0.4, -0.2) is 11.1 Å². The molecule has 0 fully saturated rings. The molecule has 0 heterocycles. The first-order valence-electron chi connectivity index (χ1n) is 5.32. The highest BCUT2D eigenvalue weighted by Gasteiger charge is 2.08. The van der Waals surface area contributed by atoms with Gasteiger partial charge in [0.05, 0.1) is 11.3 Å². The number of rotatable bonds is 3. The lowest BCUT2D eigenvalue weighted by atomic mass is 10.1. The minimum Gasteiger partial charge on any atom is -0.478 e. The smallest absolute Gasteiger partial charge is 0.337 e. The number of carboxylic acids is 1. The molecule has 0 bridgehead atoms. The third-order valence-electron chi connectivity index (χ3n) is 2.49. The van der Waals surface area contributed by atoms with E-state index >= 15 is 0 Å². The molecule has 19 heavy (non-hydrogen) atoms. The zero-order chi connectivity index (χ0) is 14.0. The summed E-state index contributed by atoms with van der Waals surface area (Å²) < 4.78 is 0.806. The molecule has 4 N–H and O–H groups in total. The van der Waals surface area contributed by atoms with Crippen LogP contribution in [0.5, 0.6) is 0 Å². The predicted molar refractivity (Wildman–Crippen MR) is 80.2 cm³/mol. The van der Waals surface area contributed by atoms with Crippen molar-refractivity contribution in [3.8, 4) is 0 Å². The Kier molecular flexibility index (Phi) is 3.97. The molecule has 98 valence electrons. The number of carbonyl (C=O) groups is 1. The van der Waals surface area contributed by atoms with Crippen molar-refractivity contribution >= 4 is 50.6 Å². The molecule has 2 rings (SSSR count). The number of nitrogen functional groups attached to an aromatic ring is 1. The highest BCUT2D eigenvalue weighted by atomic mass is 79.9. The summed E-state index contributed by atoms with van der Waals surface area (Å²) in [6, 6.07) is 10.0. The van der Waals surface area contributed by atoms with Gasteiger partial charge in [0.1, 0.15) is 0 Å². The van der Waals surface area contributed by atoms with Gasteiger partial charge in [-0.2, -0.15) is 0 Å². The number of benzene rings is 2. The zero-order valence-corrected chi connectivity index (χ0v) is 12.0. The third kappa shape index (κ3) is 3.19. The van der Waals surface area contributed by atoms with Gasteiger partial charge in [-0.3, -0.25) is 0 Å². The Hall–Kier alpha value is -1.72. The fourth-order valence-electron chi connectivity index (χ4n) is 1.58. The van der Waals surface area contributed by atoms with E-state index in [4.69, 9.17) is 22.4 Å². The molecule has 0 aliphatic heterocycles. The summed E-state index contributed by atoms with van der Waals surface area (Å²) in [5, 5.41) is 12.6. The SMILES string of the molecule is Nc1cc(Nc2ccc(Cl)cc2Br)ccc1C(=O)O. The highest BCUT2D eigenvalue weighted by molar-refractivity contribution is 9.10. The Morgan fingerprint density at radius 3 is 2.58 bits per heavy atom. The van der Waals surface area contributed by atoms with Crippen molar-refractivity contribution in [2.75, 3.05) is 11.1 Å². The molecule has 0 radical (unpaired) electrons. The Bertz CT molecular complexity index is 647. The van der Waals surface area contributed by atoms with Gasteiger partial charge >= 0.3 is 5.97 Å². The summed E-state index contributed by atoms with van der Waals surface area (Å²) in [6.45, 7) is 0. The Balaban J connectivity index is 2.29. The molecule has 0 saturated carbocycles. The first kappa shape index (κ1) is 13.7. The van der Waals surface area contributed by atoms with Gasteiger partial charge in [0, 0.05) is 20.9 Å². The van der Waals surface area contributed by atoms with E-state index in [1.807, 2.05) is 6.07 Å². The van der Waals surface area contributed by atoms with Gasteiger partial charge in [-0.15, -0.1) is 0 Å². The molecule has 2 aromatic rings. The summed E-state index contributed by atoms with van der Waals surface area (Å²) in [4.78, 5) is 10.9. The number of aromatic carboxylic acids is 1. The zero-order valence-electron chi connectivity index (χ0n) is 9.65. The minimum atomic E-state index is -1.04. The van der Waals surface area contributed by atoms with Gasteiger partial charge in [-0.25, -0.2) is 4.79 Å². The van der Waals surface area contributed by atoms with Crippen LogP contribution in [0.3, 0.4) is 0 Å². The Morgan fingerprint density at radius 2 is 2.00 bits per heavy atom. The first-order chi connectivity index (χ1) is 8.97. The van der Waals surface area contributed by atoms with E-state index in [0.29, 0.717) is 10.7 Å². The fourth-order valence-corrected chi connectivity index (χ4v) is 2.36. The maximum atomic E-state index is 10.9. The summed E-state index contributed by atoms with van der Waals surface area (Å²) in [6.07, 6.45) is 0. The topological polar surface area (TPSA) is 75.3 Å². The number of carboxylic acid groups (broad SMARTS) is 1. The second-order valence-electron chi connectivity index (χ2n) is 3.86. The normalized spacial score (nSPS) is 10.2. The molecule has 0 aliphatic carbocycles. The molecule has 4 nitrogen and oxygen atoms in total. The van der Waals surface area contributed by atoms with E-state index < -0.39 is 5.97 Å². The number of hydrogen-bond donors (Lipinski definition) is 3. The molecule has 0 aromatic heterocycles. The quantitative estimate of drug-likeness (QED) is 0.734. The third-order valence-corrected chi connectivity index (χ3v) is 3.38. The van der Waals surface area contributed by atoms with E-state index in [2.05, 4.69) is 21.2 Å². The van der Waals surface area contributed by atoms with E-state index in [9.17, 15) is 4.79 Å². The molecule has 0 aliphatic rings. The van der Waals surface area contributed by atoms with E-state index in [0.717, 1.165) is 10.2 Å². The monoisotopic (exact) mass is 340 g/mol. The van der Waals surface area contributed by atoms with E-state index in [-0.39, 0.29) is 11.3 Å². The molecule has 0 amide bonds. The average molecular weight is 342 g/mol. The molecular formula is C13H10BrClN2O2. The van der Waals surface area contributed by atoms with E-state index in [1.165, 1.54) is 6.07 Å². The predicted octanol–water partition coefficient (Wildman–Crippen LogP) is 4.13. The van der Waals surface area contributed by atoms with Crippen molar-refractivity contribution < 1.29 is 9.90 Å². The lowest BCUT2D eigenvalue weighted by Crippen LogP contribution is -2.03. The Labute approximate surface area is 123 Å². The van der Waals surface area contributed by atoms with Crippen LogP contribution in [0.1, 0.15) is 10.4 Å². The fraction of sp³-hybridized carbons (Fsp3) is 0. The minimum absolute atomic E-state index is 0.0840. The summed E-state index contributed by atoms with van der Waals surface area (Å²) in [5.74, 6) is -1.04. The van der Waals surface area contributed by atoms with Gasteiger partial charge < -0.3 is 16.2 Å². The molecule has 0 saturated heterocycles. The second kappa shape index (κ2) is 5.50. The molecule has 0 spiro atoms. The average Bonchev–Trinajstić information content (AvgIpc) is 2.32. The molecule has 6 heteroatoms. The Morgan fingerprint density at radius 1 is 1.26 bits per heavy atom. The number of nitrogens with one attached hydrogen (secondary N) is 1. The molecule has 0 unspecified atom stereocenters. The number of anilines is 3. The second-order valence-corrected chi connectivity index (χ2v) is 5.15. The van der Waals surface area contributed by atoms with Gasteiger partial charge in [-0.05, 0) is 52.3 Å². The number of halogens is 2. The van der Waals surface area contributed by atoms with Gasteiger partial charge in [0.2, 0.25) is 0 Å². The lowest BCUT2D eigenvalue weighted by molar-refractivity contribution is 0.0698. The number of hydrogen-bond acceptors (Lipinski definition) is 3. The van der Waals surface area contributed by atoms with Crippen LogP contribution in [0.25, 0.3) is 0 Å². The molecule has 2 aromatic carbocycles. The standard InChI is InChI=1S/C13H10BrClN2O2/c14-10-5-7(15)1-4-12(10)17-8-2-3-9(13(18)19)11(16)6-8/h1-6,17H,16H2,(H,18,19).